The molecule has 7 heteroatoms. The van der Waals surface area contributed by atoms with E-state index in [1.54, 1.807) is 0 Å². The van der Waals surface area contributed by atoms with E-state index in [1.807, 2.05) is 18.2 Å². The van der Waals surface area contributed by atoms with Crippen LogP contribution in [0.2, 0.25) is 0 Å². The van der Waals surface area contributed by atoms with Gasteiger partial charge in [0, 0.05) is 11.1 Å². The summed E-state index contributed by atoms with van der Waals surface area (Å²) >= 11 is 4.70. The fourth-order valence-corrected chi connectivity index (χ4v) is 3.82. The highest BCUT2D eigenvalue weighted by molar-refractivity contribution is 9.10. The molecule has 1 aromatic carbocycles. The van der Waals surface area contributed by atoms with Crippen molar-refractivity contribution in [2.24, 2.45) is 0 Å². The molecule has 3 rings (SSSR count). The van der Waals surface area contributed by atoms with Crippen molar-refractivity contribution in [2.75, 3.05) is 19.0 Å². The zero-order valence-electron chi connectivity index (χ0n) is 11.5. The molecule has 21 heavy (non-hydrogen) atoms. The Bertz CT molecular complexity index is 695. The average molecular weight is 371 g/mol. The van der Waals surface area contributed by atoms with Crippen LogP contribution in [0.1, 0.15) is 13.3 Å². The zero-order valence-corrected chi connectivity index (χ0v) is 13.9. The summed E-state index contributed by atoms with van der Waals surface area (Å²) in [6.07, 6.45) is 0.898. The van der Waals surface area contributed by atoms with E-state index in [2.05, 4.69) is 32.4 Å². The average Bonchev–Trinajstić information content (AvgIpc) is 3.00. The predicted octanol–water partition coefficient (Wildman–Crippen LogP) is 3.11. The van der Waals surface area contributed by atoms with Crippen LogP contribution in [0.5, 0.6) is 0 Å². The monoisotopic (exact) mass is 370 g/mol. The van der Waals surface area contributed by atoms with E-state index >= 15 is 0 Å². The Morgan fingerprint density at radius 2 is 2.43 bits per heavy atom. The standard InChI is InChI=1S/C14H15BrN2O3S/c1-14(4-5-20-8-14)17-11-3-2-9(15)6-10(11)16-13(17)21-7-12(18)19/h2-3,6H,4-5,7-8H2,1H3,(H,18,19). The highest BCUT2D eigenvalue weighted by Gasteiger charge is 2.35. The lowest BCUT2D eigenvalue weighted by Gasteiger charge is -2.26. The molecule has 1 atom stereocenters. The Morgan fingerprint density at radius 3 is 3.10 bits per heavy atom. The number of thioether (sulfide) groups is 1. The smallest absolute Gasteiger partial charge is 0.313 e. The topological polar surface area (TPSA) is 64.4 Å². The summed E-state index contributed by atoms with van der Waals surface area (Å²) in [6.45, 7) is 3.47. The largest absolute Gasteiger partial charge is 0.481 e. The number of fused-ring (bicyclic) bond motifs is 1. The lowest BCUT2D eigenvalue weighted by atomic mass is 10.0. The van der Waals surface area contributed by atoms with Gasteiger partial charge in [0.15, 0.2) is 5.16 Å². The van der Waals surface area contributed by atoms with Crippen LogP contribution in [0.4, 0.5) is 0 Å². The second-order valence-corrected chi connectivity index (χ2v) is 7.20. The Morgan fingerprint density at radius 1 is 1.62 bits per heavy atom. The molecular weight excluding hydrogens is 356 g/mol. The van der Waals surface area contributed by atoms with Gasteiger partial charge in [0.25, 0.3) is 0 Å². The Hall–Kier alpha value is -1.05. The van der Waals surface area contributed by atoms with Crippen molar-refractivity contribution in [3.63, 3.8) is 0 Å². The first kappa shape index (κ1) is 14.9. The first-order valence-electron chi connectivity index (χ1n) is 6.60. The van der Waals surface area contributed by atoms with Crippen LogP contribution in [0.25, 0.3) is 11.0 Å². The number of halogens is 1. The van der Waals surface area contributed by atoms with E-state index in [0.717, 1.165) is 33.7 Å². The van der Waals surface area contributed by atoms with Crippen LogP contribution >= 0.6 is 27.7 Å². The van der Waals surface area contributed by atoms with Crippen LogP contribution < -0.4 is 0 Å². The molecule has 1 aliphatic rings. The van der Waals surface area contributed by atoms with Crippen molar-refractivity contribution in [3.05, 3.63) is 22.7 Å². The summed E-state index contributed by atoms with van der Waals surface area (Å²) in [7, 11) is 0. The van der Waals surface area contributed by atoms with Crippen LogP contribution in [0.15, 0.2) is 27.8 Å². The van der Waals surface area contributed by atoms with Crippen molar-refractivity contribution < 1.29 is 14.6 Å². The van der Waals surface area contributed by atoms with E-state index in [-0.39, 0.29) is 11.3 Å². The number of aromatic nitrogens is 2. The molecule has 0 saturated carbocycles. The second-order valence-electron chi connectivity index (χ2n) is 5.34. The fraction of sp³-hybridized carbons (Fsp3) is 0.429. The van der Waals surface area contributed by atoms with Gasteiger partial charge < -0.3 is 14.4 Å². The third kappa shape index (κ3) is 2.82. The molecule has 0 spiro atoms. The van der Waals surface area contributed by atoms with Gasteiger partial charge in [0.05, 0.1) is 28.9 Å². The highest BCUT2D eigenvalue weighted by atomic mass is 79.9. The number of aliphatic carboxylic acids is 1. The number of benzene rings is 1. The third-order valence-electron chi connectivity index (χ3n) is 3.65. The van der Waals surface area contributed by atoms with Crippen LogP contribution in [-0.2, 0) is 15.1 Å². The highest BCUT2D eigenvalue weighted by Crippen LogP contribution is 2.36. The molecule has 0 amide bonds. The maximum absolute atomic E-state index is 10.9. The maximum Gasteiger partial charge on any atom is 0.313 e. The second kappa shape index (κ2) is 5.62. The lowest BCUT2D eigenvalue weighted by Crippen LogP contribution is -2.31. The number of hydrogen-bond acceptors (Lipinski definition) is 4. The molecule has 2 aromatic rings. The van der Waals surface area contributed by atoms with Gasteiger partial charge >= 0.3 is 5.97 Å². The summed E-state index contributed by atoms with van der Waals surface area (Å²) in [6, 6.07) is 5.95. The molecule has 1 N–H and O–H groups in total. The zero-order chi connectivity index (χ0) is 15.0. The minimum Gasteiger partial charge on any atom is -0.481 e. The summed E-state index contributed by atoms with van der Waals surface area (Å²) in [5, 5.41) is 9.66. The van der Waals surface area contributed by atoms with Gasteiger partial charge in [0.1, 0.15) is 0 Å². The number of imidazole rings is 1. The number of carbonyl (C=O) groups is 1. The first-order chi connectivity index (χ1) is 9.99. The minimum absolute atomic E-state index is 0.00142. The van der Waals surface area contributed by atoms with E-state index < -0.39 is 5.97 Å². The number of rotatable bonds is 4. The van der Waals surface area contributed by atoms with Gasteiger partial charge in [-0.1, -0.05) is 27.7 Å². The van der Waals surface area contributed by atoms with Crippen molar-refractivity contribution in [2.45, 2.75) is 24.0 Å². The minimum atomic E-state index is -0.840. The number of hydrogen-bond donors (Lipinski definition) is 1. The fourth-order valence-electron chi connectivity index (χ4n) is 2.61. The normalized spacial score (nSPS) is 22.0. The van der Waals surface area contributed by atoms with Gasteiger partial charge in [-0.2, -0.15) is 0 Å². The molecule has 112 valence electrons. The number of ether oxygens (including phenoxy) is 1. The molecule has 1 aromatic heterocycles. The van der Waals surface area contributed by atoms with E-state index in [0.29, 0.717) is 6.61 Å². The Balaban J connectivity index is 2.13. The van der Waals surface area contributed by atoms with Gasteiger partial charge in [-0.25, -0.2) is 4.98 Å². The predicted molar refractivity (Wildman–Crippen MR) is 84.9 cm³/mol. The number of carboxylic acids is 1. The van der Waals surface area contributed by atoms with Crippen LogP contribution in [0, 0.1) is 0 Å². The number of nitrogens with zero attached hydrogens (tertiary/aromatic N) is 2. The van der Waals surface area contributed by atoms with Gasteiger partial charge in [-0.15, -0.1) is 0 Å². The molecule has 1 saturated heterocycles. The van der Waals surface area contributed by atoms with E-state index in [4.69, 9.17) is 9.84 Å². The van der Waals surface area contributed by atoms with Gasteiger partial charge in [-0.05, 0) is 31.5 Å². The molecule has 5 nitrogen and oxygen atoms in total. The molecule has 2 heterocycles. The van der Waals surface area contributed by atoms with Crippen LogP contribution in [0.3, 0.4) is 0 Å². The lowest BCUT2D eigenvalue weighted by molar-refractivity contribution is -0.133. The van der Waals surface area contributed by atoms with E-state index in [1.165, 1.54) is 11.8 Å². The SMILES string of the molecule is CC1(n2c(SCC(=O)O)nc3cc(Br)ccc32)CCOC1. The van der Waals surface area contributed by atoms with Crippen molar-refractivity contribution in [1.82, 2.24) is 9.55 Å². The maximum atomic E-state index is 10.9. The summed E-state index contributed by atoms with van der Waals surface area (Å²) in [4.78, 5) is 15.5. The number of carboxylic acid groups (broad SMARTS) is 1. The van der Waals surface area contributed by atoms with Crippen LogP contribution in [-0.4, -0.2) is 39.6 Å². The molecule has 1 aliphatic heterocycles. The molecule has 0 radical (unpaired) electrons. The molecule has 0 bridgehead atoms. The quantitative estimate of drug-likeness (QED) is 0.837. The summed E-state index contributed by atoms with van der Waals surface area (Å²) in [5.74, 6) is -0.839. The Kier molecular flexibility index (Phi) is 3.98. The molecule has 0 aliphatic carbocycles. The molecular formula is C14H15BrN2O3S. The molecule has 1 fully saturated rings. The first-order valence-corrected chi connectivity index (χ1v) is 8.38. The Labute approximate surface area is 134 Å². The van der Waals surface area contributed by atoms with Gasteiger partial charge in [-0.3, -0.25) is 4.79 Å². The van der Waals surface area contributed by atoms with E-state index in [9.17, 15) is 4.79 Å². The van der Waals surface area contributed by atoms with Crippen molar-refractivity contribution in [1.29, 1.82) is 0 Å². The molecule has 1 unspecified atom stereocenters. The summed E-state index contributed by atoms with van der Waals surface area (Å²) < 4.78 is 8.65. The summed E-state index contributed by atoms with van der Waals surface area (Å²) in [5.41, 5.74) is 1.70. The third-order valence-corrected chi connectivity index (χ3v) is 5.06. The van der Waals surface area contributed by atoms with Crippen molar-refractivity contribution in [3.8, 4) is 0 Å². The van der Waals surface area contributed by atoms with Gasteiger partial charge in [0.2, 0.25) is 0 Å². The van der Waals surface area contributed by atoms with Crippen molar-refractivity contribution >= 4 is 44.7 Å².